The Bertz CT molecular complexity index is 1280. The van der Waals surface area contributed by atoms with Crippen LogP contribution in [0.4, 0.5) is 17.3 Å². The van der Waals surface area contributed by atoms with Crippen LogP contribution in [0.3, 0.4) is 0 Å². The average Bonchev–Trinajstić information content (AvgIpc) is 3.52. The fraction of sp³-hybridized carbons (Fsp3) is 0.208. The van der Waals surface area contributed by atoms with Crippen molar-refractivity contribution in [3.8, 4) is 23.0 Å². The highest BCUT2D eigenvalue weighted by molar-refractivity contribution is 5.70. The lowest BCUT2D eigenvalue weighted by molar-refractivity contribution is 0.863. The molecule has 0 amide bonds. The van der Waals surface area contributed by atoms with E-state index in [1.807, 2.05) is 49.4 Å². The highest BCUT2D eigenvalue weighted by Crippen LogP contribution is 2.28. The molecular formula is C24H22N8. The lowest BCUT2D eigenvalue weighted by atomic mass is 10.1. The zero-order valence-electron chi connectivity index (χ0n) is 17.7. The van der Waals surface area contributed by atoms with Crippen molar-refractivity contribution in [2.45, 2.75) is 19.8 Å². The van der Waals surface area contributed by atoms with Crippen LogP contribution in [0, 0.1) is 18.3 Å². The smallest absolute Gasteiger partial charge is 0.227 e. The van der Waals surface area contributed by atoms with Gasteiger partial charge in [0.15, 0.2) is 0 Å². The molecule has 8 nitrogen and oxygen atoms in total. The Morgan fingerprint density at radius 3 is 2.50 bits per heavy atom. The molecule has 0 spiro atoms. The summed E-state index contributed by atoms with van der Waals surface area (Å²) in [5.74, 6) is 1.22. The quantitative estimate of drug-likeness (QED) is 0.514. The molecular weight excluding hydrogens is 400 g/mol. The van der Waals surface area contributed by atoms with E-state index in [9.17, 15) is 5.26 Å². The first-order chi connectivity index (χ1) is 15.7. The van der Waals surface area contributed by atoms with Gasteiger partial charge in [-0.3, -0.25) is 0 Å². The molecule has 0 atom stereocenters. The minimum Gasteiger partial charge on any atom is -0.371 e. The van der Waals surface area contributed by atoms with Crippen LogP contribution < -0.4 is 10.2 Å². The maximum Gasteiger partial charge on any atom is 0.227 e. The molecule has 0 aliphatic carbocycles. The first kappa shape index (κ1) is 19.7. The van der Waals surface area contributed by atoms with Crippen LogP contribution in [0.25, 0.3) is 16.9 Å². The van der Waals surface area contributed by atoms with Crippen molar-refractivity contribution >= 4 is 17.3 Å². The van der Waals surface area contributed by atoms with E-state index in [-0.39, 0.29) is 0 Å². The largest absolute Gasteiger partial charge is 0.371 e. The van der Waals surface area contributed by atoms with Crippen molar-refractivity contribution in [3.05, 3.63) is 72.4 Å². The highest BCUT2D eigenvalue weighted by Gasteiger charge is 2.15. The molecule has 4 aromatic rings. The third kappa shape index (κ3) is 4.14. The Labute approximate surface area is 186 Å². The van der Waals surface area contributed by atoms with E-state index < -0.39 is 0 Å². The summed E-state index contributed by atoms with van der Waals surface area (Å²) in [5.41, 5.74) is 5.18. The fourth-order valence-corrected chi connectivity index (χ4v) is 3.86. The van der Waals surface area contributed by atoms with Crippen LogP contribution in [0.1, 0.15) is 24.2 Å². The molecule has 1 aliphatic heterocycles. The molecule has 2 aromatic carbocycles. The molecule has 0 radical (unpaired) electrons. The Kier molecular flexibility index (Phi) is 5.22. The molecule has 5 rings (SSSR count). The standard InChI is InChI=1S/C24H22N8/c1-17-27-16-32(30-17)21-6-4-20(5-7-21)28-24-26-9-8-23(29-24)19-12-18(15-25)13-22(14-19)31-10-2-3-11-31/h4-9,12-14,16H,2-3,10-11H2,1H3,(H,26,28,29). The van der Waals surface area contributed by atoms with E-state index in [0.29, 0.717) is 11.5 Å². The van der Waals surface area contributed by atoms with Crippen LogP contribution in [0.5, 0.6) is 0 Å². The van der Waals surface area contributed by atoms with Gasteiger partial charge in [-0.25, -0.2) is 19.6 Å². The van der Waals surface area contributed by atoms with Crippen molar-refractivity contribution in [2.24, 2.45) is 0 Å². The Morgan fingerprint density at radius 2 is 1.78 bits per heavy atom. The Balaban J connectivity index is 1.39. The normalized spacial score (nSPS) is 13.2. The molecule has 0 saturated carbocycles. The number of hydrogen-bond acceptors (Lipinski definition) is 7. The number of hydrogen-bond donors (Lipinski definition) is 1. The maximum atomic E-state index is 9.51. The van der Waals surface area contributed by atoms with Crippen molar-refractivity contribution in [2.75, 3.05) is 23.3 Å². The van der Waals surface area contributed by atoms with Gasteiger partial charge in [-0.2, -0.15) is 10.4 Å². The van der Waals surface area contributed by atoms with Crippen LogP contribution in [-0.4, -0.2) is 37.8 Å². The number of benzene rings is 2. The van der Waals surface area contributed by atoms with Gasteiger partial charge >= 0.3 is 0 Å². The van der Waals surface area contributed by atoms with Crippen LogP contribution in [0.15, 0.2) is 61.1 Å². The number of nitriles is 1. The SMILES string of the molecule is Cc1ncn(-c2ccc(Nc3nccc(-c4cc(C#N)cc(N5CCCC5)c4)n3)cc2)n1. The second-order valence-electron chi connectivity index (χ2n) is 7.75. The topological polar surface area (TPSA) is 95.5 Å². The number of nitrogens with one attached hydrogen (secondary N) is 1. The summed E-state index contributed by atoms with van der Waals surface area (Å²) >= 11 is 0. The maximum absolute atomic E-state index is 9.51. The number of nitrogens with zero attached hydrogens (tertiary/aromatic N) is 7. The third-order valence-electron chi connectivity index (χ3n) is 5.46. The minimum atomic E-state index is 0.497. The summed E-state index contributed by atoms with van der Waals surface area (Å²) in [7, 11) is 0. The second-order valence-corrected chi connectivity index (χ2v) is 7.75. The first-order valence-corrected chi connectivity index (χ1v) is 10.6. The van der Waals surface area contributed by atoms with Gasteiger partial charge in [-0.15, -0.1) is 0 Å². The molecule has 2 aromatic heterocycles. The van der Waals surface area contributed by atoms with E-state index >= 15 is 0 Å². The number of aromatic nitrogens is 5. The van der Waals surface area contributed by atoms with Gasteiger partial charge in [-0.1, -0.05) is 0 Å². The summed E-state index contributed by atoms with van der Waals surface area (Å²) in [6.45, 7) is 3.90. The molecule has 0 unspecified atom stereocenters. The molecule has 158 valence electrons. The molecule has 1 saturated heterocycles. The zero-order chi connectivity index (χ0) is 21.9. The van der Waals surface area contributed by atoms with Gasteiger partial charge in [0.1, 0.15) is 12.2 Å². The molecule has 8 heteroatoms. The van der Waals surface area contributed by atoms with Gasteiger partial charge in [0.25, 0.3) is 0 Å². The lowest BCUT2D eigenvalue weighted by Crippen LogP contribution is -2.17. The highest BCUT2D eigenvalue weighted by atomic mass is 15.3. The summed E-state index contributed by atoms with van der Waals surface area (Å²) in [4.78, 5) is 15.5. The van der Waals surface area contributed by atoms with Gasteiger partial charge in [-0.05, 0) is 68.3 Å². The predicted octanol–water partition coefficient (Wildman–Crippen LogP) is 4.25. The minimum absolute atomic E-state index is 0.497. The summed E-state index contributed by atoms with van der Waals surface area (Å²) in [6.07, 6.45) is 5.79. The van der Waals surface area contributed by atoms with Gasteiger partial charge in [0.05, 0.1) is 23.0 Å². The Hall–Kier alpha value is -4.25. The molecule has 1 aliphatic rings. The summed E-state index contributed by atoms with van der Waals surface area (Å²) in [5, 5.41) is 17.1. The lowest BCUT2D eigenvalue weighted by Gasteiger charge is -2.19. The monoisotopic (exact) mass is 422 g/mol. The molecule has 1 N–H and O–H groups in total. The molecule has 32 heavy (non-hydrogen) atoms. The van der Waals surface area contributed by atoms with Crippen molar-refractivity contribution in [1.29, 1.82) is 5.26 Å². The summed E-state index contributed by atoms with van der Waals surface area (Å²) < 4.78 is 1.73. The number of aryl methyl sites for hydroxylation is 1. The van der Waals surface area contributed by atoms with E-state index in [1.54, 1.807) is 17.2 Å². The van der Waals surface area contributed by atoms with Gasteiger partial charge < -0.3 is 10.2 Å². The molecule has 3 heterocycles. The number of anilines is 3. The van der Waals surface area contributed by atoms with Crippen molar-refractivity contribution in [3.63, 3.8) is 0 Å². The second kappa shape index (κ2) is 8.47. The molecule has 1 fully saturated rings. The van der Waals surface area contributed by atoms with Gasteiger partial charge in [0.2, 0.25) is 5.95 Å². The fourth-order valence-electron chi connectivity index (χ4n) is 3.86. The van der Waals surface area contributed by atoms with Crippen LogP contribution >= 0.6 is 0 Å². The summed E-state index contributed by atoms with van der Waals surface area (Å²) in [6, 6.07) is 17.9. The van der Waals surface area contributed by atoms with Crippen molar-refractivity contribution < 1.29 is 0 Å². The van der Waals surface area contributed by atoms with E-state index in [1.165, 1.54) is 12.8 Å². The van der Waals surface area contributed by atoms with E-state index in [4.69, 9.17) is 0 Å². The zero-order valence-corrected chi connectivity index (χ0v) is 17.7. The molecule has 0 bridgehead atoms. The number of rotatable bonds is 5. The average molecular weight is 422 g/mol. The third-order valence-corrected chi connectivity index (χ3v) is 5.46. The van der Waals surface area contributed by atoms with Gasteiger partial charge in [0, 0.05) is 36.2 Å². The van der Waals surface area contributed by atoms with E-state index in [2.05, 4.69) is 42.4 Å². The predicted molar refractivity (Wildman–Crippen MR) is 123 cm³/mol. The first-order valence-electron chi connectivity index (χ1n) is 10.6. The van der Waals surface area contributed by atoms with E-state index in [0.717, 1.165) is 47.2 Å². The van der Waals surface area contributed by atoms with Crippen LogP contribution in [-0.2, 0) is 0 Å². The van der Waals surface area contributed by atoms with Crippen LogP contribution in [0.2, 0.25) is 0 Å². The Morgan fingerprint density at radius 1 is 0.969 bits per heavy atom. The van der Waals surface area contributed by atoms with Crippen molar-refractivity contribution in [1.82, 2.24) is 24.7 Å².